The van der Waals surface area contributed by atoms with E-state index >= 15 is 0 Å². The fourth-order valence-corrected chi connectivity index (χ4v) is 2.00. The van der Waals surface area contributed by atoms with Gasteiger partial charge < -0.3 is 15.4 Å². The Labute approximate surface area is 126 Å². The molecule has 0 saturated heterocycles. The second kappa shape index (κ2) is 9.78. The Balaban J connectivity index is 2.44. The fourth-order valence-electron chi connectivity index (χ4n) is 2.00. The summed E-state index contributed by atoms with van der Waals surface area (Å²) in [5.41, 5.74) is 1.21. The lowest BCUT2D eigenvalue weighted by atomic mass is 10.0. The molecular weight excluding hydrogens is 266 g/mol. The molecule has 0 aromatic heterocycles. The van der Waals surface area contributed by atoms with E-state index in [2.05, 4.69) is 24.5 Å². The number of rotatable bonds is 9. The van der Waals surface area contributed by atoms with Crippen molar-refractivity contribution in [2.45, 2.75) is 32.7 Å². The molecule has 1 aromatic carbocycles. The van der Waals surface area contributed by atoms with Gasteiger partial charge in [-0.1, -0.05) is 26.0 Å². The first-order chi connectivity index (χ1) is 10.2. The highest BCUT2D eigenvalue weighted by Gasteiger charge is 2.08. The van der Waals surface area contributed by atoms with Gasteiger partial charge in [0.05, 0.1) is 12.5 Å². The second-order valence-electron chi connectivity index (χ2n) is 4.63. The number of ether oxygens (including phenoxy) is 1. The average molecular weight is 289 g/mol. The van der Waals surface area contributed by atoms with Crippen molar-refractivity contribution in [2.75, 3.05) is 19.7 Å². The molecule has 0 radical (unpaired) electrons. The van der Waals surface area contributed by atoms with E-state index in [9.17, 15) is 4.79 Å². The number of hydrogen-bond acceptors (Lipinski definition) is 4. The zero-order valence-corrected chi connectivity index (χ0v) is 12.7. The monoisotopic (exact) mass is 289 g/mol. The standard InChI is InChI=1S/C16H23N3O2/c1-3-15(18-4-2)13-6-8-14(9-7-13)21-12-16(20)19-11-5-10-17/h6-9,15,18H,3-5,11-12H2,1-2H3,(H,19,20). The quantitative estimate of drug-likeness (QED) is 0.683. The molecule has 1 aromatic rings. The van der Waals surface area contributed by atoms with Crippen LogP contribution in [0.1, 0.15) is 38.3 Å². The van der Waals surface area contributed by atoms with Crippen LogP contribution in [-0.4, -0.2) is 25.6 Å². The Bertz CT molecular complexity index is 465. The van der Waals surface area contributed by atoms with Crippen molar-refractivity contribution >= 4 is 5.91 Å². The number of nitrogens with zero attached hydrogens (tertiary/aromatic N) is 1. The minimum Gasteiger partial charge on any atom is -0.484 e. The normalized spacial score (nSPS) is 11.5. The van der Waals surface area contributed by atoms with Gasteiger partial charge in [-0.3, -0.25) is 4.79 Å². The summed E-state index contributed by atoms with van der Waals surface area (Å²) >= 11 is 0. The van der Waals surface area contributed by atoms with Crippen LogP contribution in [0.3, 0.4) is 0 Å². The van der Waals surface area contributed by atoms with Crippen LogP contribution >= 0.6 is 0 Å². The van der Waals surface area contributed by atoms with Crippen LogP contribution in [0.2, 0.25) is 0 Å². The van der Waals surface area contributed by atoms with Crippen molar-refractivity contribution in [2.24, 2.45) is 0 Å². The van der Waals surface area contributed by atoms with Crippen LogP contribution in [-0.2, 0) is 4.79 Å². The lowest BCUT2D eigenvalue weighted by Crippen LogP contribution is -2.29. The van der Waals surface area contributed by atoms with E-state index in [0.29, 0.717) is 24.8 Å². The molecule has 2 N–H and O–H groups in total. The van der Waals surface area contributed by atoms with Crippen molar-refractivity contribution in [3.05, 3.63) is 29.8 Å². The largest absolute Gasteiger partial charge is 0.484 e. The molecule has 1 unspecified atom stereocenters. The maximum atomic E-state index is 11.4. The zero-order chi connectivity index (χ0) is 15.5. The summed E-state index contributed by atoms with van der Waals surface area (Å²) in [6.45, 7) is 5.49. The maximum absolute atomic E-state index is 11.4. The lowest BCUT2D eigenvalue weighted by Gasteiger charge is -2.16. The lowest BCUT2D eigenvalue weighted by molar-refractivity contribution is -0.123. The van der Waals surface area contributed by atoms with Gasteiger partial charge in [-0.25, -0.2) is 0 Å². The molecule has 0 heterocycles. The number of hydrogen-bond donors (Lipinski definition) is 2. The van der Waals surface area contributed by atoms with Gasteiger partial charge in [-0.2, -0.15) is 5.26 Å². The van der Waals surface area contributed by atoms with E-state index in [1.807, 2.05) is 30.3 Å². The number of nitriles is 1. The number of amides is 1. The van der Waals surface area contributed by atoms with E-state index in [1.165, 1.54) is 5.56 Å². The van der Waals surface area contributed by atoms with E-state index in [4.69, 9.17) is 10.00 Å². The highest BCUT2D eigenvalue weighted by Crippen LogP contribution is 2.20. The van der Waals surface area contributed by atoms with Crippen molar-refractivity contribution in [1.82, 2.24) is 10.6 Å². The first-order valence-electron chi connectivity index (χ1n) is 7.31. The average Bonchev–Trinajstić information content (AvgIpc) is 2.51. The molecule has 21 heavy (non-hydrogen) atoms. The molecule has 0 aliphatic rings. The number of nitrogens with one attached hydrogen (secondary N) is 2. The van der Waals surface area contributed by atoms with Crippen molar-refractivity contribution < 1.29 is 9.53 Å². The van der Waals surface area contributed by atoms with Crippen molar-refractivity contribution in [3.63, 3.8) is 0 Å². The minimum absolute atomic E-state index is 0.0325. The first-order valence-corrected chi connectivity index (χ1v) is 7.31. The zero-order valence-electron chi connectivity index (χ0n) is 12.7. The van der Waals surface area contributed by atoms with Crippen molar-refractivity contribution in [1.29, 1.82) is 5.26 Å². The van der Waals surface area contributed by atoms with Gasteiger partial charge in [0.1, 0.15) is 5.75 Å². The van der Waals surface area contributed by atoms with Crippen molar-refractivity contribution in [3.8, 4) is 11.8 Å². The summed E-state index contributed by atoms with van der Waals surface area (Å²) in [5, 5.41) is 14.4. The molecular formula is C16H23N3O2. The van der Waals surface area contributed by atoms with Crippen LogP contribution in [0.15, 0.2) is 24.3 Å². The van der Waals surface area contributed by atoms with E-state index in [-0.39, 0.29) is 12.5 Å². The summed E-state index contributed by atoms with van der Waals surface area (Å²) < 4.78 is 5.41. The van der Waals surface area contributed by atoms with E-state index in [0.717, 1.165) is 13.0 Å². The van der Waals surface area contributed by atoms with Crippen LogP contribution in [0.25, 0.3) is 0 Å². The van der Waals surface area contributed by atoms with Crippen LogP contribution in [0, 0.1) is 11.3 Å². The summed E-state index contributed by atoms with van der Waals surface area (Å²) in [7, 11) is 0. The number of carbonyl (C=O) groups is 1. The summed E-state index contributed by atoms with van der Waals surface area (Å²) in [6.07, 6.45) is 1.33. The molecule has 5 nitrogen and oxygen atoms in total. The third-order valence-electron chi connectivity index (χ3n) is 3.07. The molecule has 0 aliphatic carbocycles. The van der Waals surface area contributed by atoms with Crippen LogP contribution < -0.4 is 15.4 Å². The predicted molar refractivity (Wildman–Crippen MR) is 81.9 cm³/mol. The highest BCUT2D eigenvalue weighted by molar-refractivity contribution is 5.77. The predicted octanol–water partition coefficient (Wildman–Crippen LogP) is 2.16. The highest BCUT2D eigenvalue weighted by atomic mass is 16.5. The third kappa shape index (κ3) is 6.28. The van der Waals surface area contributed by atoms with Gasteiger partial charge in [0.15, 0.2) is 6.61 Å². The number of carbonyl (C=O) groups excluding carboxylic acids is 1. The molecule has 0 aliphatic heterocycles. The summed E-state index contributed by atoms with van der Waals surface area (Å²) in [5.74, 6) is 0.453. The third-order valence-corrected chi connectivity index (χ3v) is 3.07. The molecule has 0 fully saturated rings. The molecule has 0 saturated carbocycles. The first kappa shape index (κ1) is 17.0. The fraction of sp³-hybridized carbons (Fsp3) is 0.500. The van der Waals surface area contributed by atoms with Gasteiger partial charge >= 0.3 is 0 Å². The Morgan fingerprint density at radius 2 is 2.05 bits per heavy atom. The second-order valence-corrected chi connectivity index (χ2v) is 4.63. The maximum Gasteiger partial charge on any atom is 0.257 e. The van der Waals surface area contributed by atoms with Gasteiger partial charge in [0.25, 0.3) is 5.91 Å². The Morgan fingerprint density at radius 3 is 2.62 bits per heavy atom. The molecule has 114 valence electrons. The van der Waals surface area contributed by atoms with Crippen LogP contribution in [0.4, 0.5) is 0 Å². The summed E-state index contributed by atoms with van der Waals surface area (Å²) in [4.78, 5) is 11.4. The Morgan fingerprint density at radius 1 is 1.33 bits per heavy atom. The minimum atomic E-state index is -0.214. The molecule has 0 bridgehead atoms. The van der Waals surface area contributed by atoms with E-state index in [1.54, 1.807) is 0 Å². The van der Waals surface area contributed by atoms with Crippen LogP contribution in [0.5, 0.6) is 5.75 Å². The topological polar surface area (TPSA) is 74.2 Å². The Kier molecular flexibility index (Phi) is 7.92. The molecule has 5 heteroatoms. The Hall–Kier alpha value is -2.06. The number of benzene rings is 1. The van der Waals surface area contributed by atoms with Gasteiger partial charge in [-0.15, -0.1) is 0 Å². The van der Waals surface area contributed by atoms with E-state index < -0.39 is 0 Å². The van der Waals surface area contributed by atoms with Gasteiger partial charge in [0.2, 0.25) is 0 Å². The molecule has 0 spiro atoms. The van der Waals surface area contributed by atoms with Gasteiger partial charge in [0, 0.05) is 12.6 Å². The molecule has 1 atom stereocenters. The SMILES string of the molecule is CCNC(CC)c1ccc(OCC(=O)NCCC#N)cc1. The summed E-state index contributed by atoms with van der Waals surface area (Å²) in [6, 6.07) is 10.1. The molecule has 1 rings (SSSR count). The molecule has 1 amide bonds. The smallest absolute Gasteiger partial charge is 0.257 e. The van der Waals surface area contributed by atoms with Gasteiger partial charge in [-0.05, 0) is 30.7 Å².